The zero-order valence-electron chi connectivity index (χ0n) is 16.0. The monoisotopic (exact) mass is 386 g/mol. The molecule has 5 nitrogen and oxygen atoms in total. The molecule has 0 unspecified atom stereocenters. The Kier molecular flexibility index (Phi) is 5.02. The Morgan fingerprint density at radius 3 is 2.33 bits per heavy atom. The highest BCUT2D eigenvalue weighted by Gasteiger charge is 2.19. The van der Waals surface area contributed by atoms with Gasteiger partial charge >= 0.3 is 0 Å². The van der Waals surface area contributed by atoms with E-state index < -0.39 is 22.7 Å². The molecule has 1 amide bonds. The van der Waals surface area contributed by atoms with Crippen LogP contribution in [0.4, 0.5) is 10.2 Å². The fourth-order valence-corrected chi connectivity index (χ4v) is 3.22. The van der Waals surface area contributed by atoms with Gasteiger partial charge in [0, 0.05) is 29.8 Å². The molecule has 0 saturated carbocycles. The van der Waals surface area contributed by atoms with Crippen molar-refractivity contribution in [2.75, 3.05) is 5.32 Å². The molecule has 0 spiro atoms. The Labute approximate surface area is 177 Å². The van der Waals surface area contributed by atoms with Crippen molar-refractivity contribution in [1.82, 2.24) is 14.5 Å². The number of nitrogens with one attached hydrogen (secondary N) is 1. The number of halogens is 1. The van der Waals surface area contributed by atoms with Crippen LogP contribution in [0.5, 0.6) is 0 Å². The molecule has 0 aliphatic rings. The molecule has 1 N–H and O–H groups in total. The number of rotatable bonds is 3. The van der Waals surface area contributed by atoms with E-state index in [9.17, 15) is 9.18 Å². The second kappa shape index (κ2) is 7.52. The normalized spacial score (nSPS) is 11.0. The van der Waals surface area contributed by atoms with Crippen LogP contribution in [0.15, 0.2) is 43.0 Å². The van der Waals surface area contributed by atoms with E-state index in [4.69, 9.17) is 31.4 Å². The second-order valence-electron chi connectivity index (χ2n) is 6.82. The fourth-order valence-electron chi connectivity index (χ4n) is 3.22. The standard InChI is InChI=1S/C20H11B4FN4O/c1-29-8-26-7-12(29)9-2-3-10-6-27-13(5-11(10)4-9)28-20(30)14-15(21)17(23)19(25)18(24)16(14)22/h2-8H,1H3,(H,27,28,30). The predicted octanol–water partition coefficient (Wildman–Crippen LogP) is -0.798. The smallest absolute Gasteiger partial charge is 0.255 e. The number of hydrogen-bond donors (Lipinski definition) is 1. The number of carbonyl (C=O) groups excluding carboxylic acids is 1. The SMILES string of the molecule is [B]c1c([B])c(C(=O)Nc2cc3cc(-c4cncn4C)ccc3cn2)c([B])c([B])c1F. The van der Waals surface area contributed by atoms with Crippen molar-refractivity contribution in [2.24, 2.45) is 7.05 Å². The summed E-state index contributed by atoms with van der Waals surface area (Å²) < 4.78 is 15.8. The van der Waals surface area contributed by atoms with Crippen molar-refractivity contribution in [2.45, 2.75) is 0 Å². The zero-order valence-corrected chi connectivity index (χ0v) is 16.0. The van der Waals surface area contributed by atoms with Gasteiger partial charge in [-0.15, -0.1) is 0 Å². The first-order valence-corrected chi connectivity index (χ1v) is 8.87. The van der Waals surface area contributed by atoms with Crippen molar-refractivity contribution >= 4 is 75.7 Å². The van der Waals surface area contributed by atoms with Gasteiger partial charge in [-0.1, -0.05) is 34.0 Å². The van der Waals surface area contributed by atoms with Crippen molar-refractivity contribution < 1.29 is 9.18 Å². The number of aryl methyl sites for hydroxylation is 1. The lowest BCUT2D eigenvalue weighted by Crippen LogP contribution is -2.49. The molecule has 0 saturated heterocycles. The van der Waals surface area contributed by atoms with Gasteiger partial charge in [0.1, 0.15) is 43.0 Å². The molecule has 136 valence electrons. The van der Waals surface area contributed by atoms with Crippen LogP contribution in [0.3, 0.4) is 0 Å². The molecule has 4 rings (SSSR count). The quantitative estimate of drug-likeness (QED) is 0.470. The van der Waals surface area contributed by atoms with Crippen LogP contribution >= 0.6 is 0 Å². The number of benzene rings is 2. The Balaban J connectivity index is 1.71. The van der Waals surface area contributed by atoms with Gasteiger partial charge in [-0.3, -0.25) is 4.79 Å². The Morgan fingerprint density at radius 1 is 1.00 bits per heavy atom. The highest BCUT2D eigenvalue weighted by molar-refractivity contribution is 6.59. The largest absolute Gasteiger partial charge is 0.334 e. The van der Waals surface area contributed by atoms with Crippen molar-refractivity contribution in [3.05, 3.63) is 54.4 Å². The Morgan fingerprint density at radius 2 is 1.70 bits per heavy atom. The van der Waals surface area contributed by atoms with Gasteiger partial charge in [0.2, 0.25) is 0 Å². The van der Waals surface area contributed by atoms with E-state index in [0.29, 0.717) is 0 Å². The molecule has 2 aromatic carbocycles. The molecule has 8 radical (unpaired) electrons. The van der Waals surface area contributed by atoms with Gasteiger partial charge in [0.15, 0.2) is 0 Å². The van der Waals surface area contributed by atoms with Crippen molar-refractivity contribution in [3.8, 4) is 11.3 Å². The number of imidazole rings is 1. The minimum atomic E-state index is -0.951. The molecule has 30 heavy (non-hydrogen) atoms. The fraction of sp³-hybridized carbons (Fsp3) is 0.0500. The van der Waals surface area contributed by atoms with Gasteiger partial charge in [0.05, 0.1) is 18.2 Å². The molecule has 2 aromatic heterocycles. The number of aromatic nitrogens is 3. The van der Waals surface area contributed by atoms with Crippen LogP contribution in [0.1, 0.15) is 10.4 Å². The first kappa shape index (κ1) is 20.0. The summed E-state index contributed by atoms with van der Waals surface area (Å²) >= 11 is 0. The maximum Gasteiger partial charge on any atom is 0.255 e. The van der Waals surface area contributed by atoms with E-state index in [2.05, 4.69) is 15.3 Å². The summed E-state index contributed by atoms with van der Waals surface area (Å²) in [5, 5.41) is 4.34. The van der Waals surface area contributed by atoms with Crippen molar-refractivity contribution in [1.29, 1.82) is 0 Å². The van der Waals surface area contributed by atoms with Gasteiger partial charge in [-0.2, -0.15) is 0 Å². The van der Waals surface area contributed by atoms with Crippen LogP contribution in [0.25, 0.3) is 22.0 Å². The lowest BCUT2D eigenvalue weighted by Gasteiger charge is -2.18. The van der Waals surface area contributed by atoms with Crippen LogP contribution < -0.4 is 27.2 Å². The van der Waals surface area contributed by atoms with Gasteiger partial charge in [0.25, 0.3) is 5.91 Å². The molecule has 4 aromatic rings. The molecule has 0 aliphatic carbocycles. The zero-order chi connectivity index (χ0) is 21.6. The summed E-state index contributed by atoms with van der Waals surface area (Å²) in [6, 6.07) is 7.55. The molecule has 2 heterocycles. The molecule has 0 fully saturated rings. The summed E-state index contributed by atoms with van der Waals surface area (Å²) in [5.74, 6) is -1.39. The molecular formula is C20H11B4FN4O. The van der Waals surface area contributed by atoms with Crippen molar-refractivity contribution in [3.63, 3.8) is 0 Å². The third kappa shape index (κ3) is 3.32. The van der Waals surface area contributed by atoms with Gasteiger partial charge in [-0.25, -0.2) is 14.4 Å². The van der Waals surface area contributed by atoms with Crippen LogP contribution in [-0.4, -0.2) is 51.8 Å². The number of carbonyl (C=O) groups is 1. The third-order valence-electron chi connectivity index (χ3n) is 4.89. The van der Waals surface area contributed by atoms with Gasteiger partial charge in [-0.05, 0) is 17.5 Å². The number of fused-ring (bicyclic) bond motifs is 1. The highest BCUT2D eigenvalue weighted by Crippen LogP contribution is 2.25. The summed E-state index contributed by atoms with van der Waals surface area (Å²) in [6.45, 7) is 0. The topological polar surface area (TPSA) is 59.8 Å². The molecule has 0 bridgehead atoms. The maximum atomic E-state index is 13.9. The minimum Gasteiger partial charge on any atom is -0.334 e. The Hall–Kier alpha value is -3.28. The van der Waals surface area contributed by atoms with E-state index in [1.165, 1.54) is 0 Å². The number of amides is 1. The second-order valence-corrected chi connectivity index (χ2v) is 6.82. The summed E-state index contributed by atoms with van der Waals surface area (Å²) in [6.07, 6.45) is 5.10. The molecular weight excluding hydrogens is 374 g/mol. The van der Waals surface area contributed by atoms with E-state index in [0.717, 1.165) is 22.0 Å². The maximum absolute atomic E-state index is 13.9. The van der Waals surface area contributed by atoms with Crippen LogP contribution in [-0.2, 0) is 7.05 Å². The van der Waals surface area contributed by atoms with E-state index >= 15 is 0 Å². The Bertz CT molecular complexity index is 1290. The van der Waals surface area contributed by atoms with E-state index in [1.54, 1.807) is 24.8 Å². The summed E-state index contributed by atoms with van der Waals surface area (Å²) in [5.41, 5.74) is 0.276. The minimum absolute atomic E-state index is 0.197. The van der Waals surface area contributed by atoms with Crippen LogP contribution in [0, 0.1) is 5.82 Å². The molecule has 10 heteroatoms. The number of pyridine rings is 1. The van der Waals surface area contributed by atoms with E-state index in [-0.39, 0.29) is 22.3 Å². The first-order valence-electron chi connectivity index (χ1n) is 8.87. The van der Waals surface area contributed by atoms with Crippen LogP contribution in [0.2, 0.25) is 0 Å². The predicted molar refractivity (Wildman–Crippen MR) is 120 cm³/mol. The lowest BCUT2D eigenvalue weighted by atomic mass is 9.66. The molecule has 0 aliphatic heterocycles. The lowest BCUT2D eigenvalue weighted by molar-refractivity contribution is 0.102. The number of anilines is 1. The number of hydrogen-bond acceptors (Lipinski definition) is 3. The first-order chi connectivity index (χ1) is 14.3. The molecule has 0 atom stereocenters. The number of nitrogens with zero attached hydrogens (tertiary/aromatic N) is 3. The highest BCUT2D eigenvalue weighted by atomic mass is 19.1. The van der Waals surface area contributed by atoms with Gasteiger partial charge < -0.3 is 9.88 Å². The average molecular weight is 386 g/mol. The summed E-state index contributed by atoms with van der Waals surface area (Å²) in [7, 11) is 24.7. The summed E-state index contributed by atoms with van der Waals surface area (Å²) in [4.78, 5) is 21.1. The third-order valence-corrected chi connectivity index (χ3v) is 4.89. The van der Waals surface area contributed by atoms with E-state index in [1.807, 2.05) is 29.8 Å². The average Bonchev–Trinajstić information content (AvgIpc) is 3.16.